The van der Waals surface area contributed by atoms with Crippen molar-refractivity contribution in [3.05, 3.63) is 88.7 Å². The van der Waals surface area contributed by atoms with E-state index in [0.717, 1.165) is 44.7 Å². The zero-order chi connectivity index (χ0) is 20.0. The van der Waals surface area contributed by atoms with E-state index in [1.165, 1.54) is 0 Å². The Morgan fingerprint density at radius 2 is 1.41 bits per heavy atom. The lowest BCUT2D eigenvalue weighted by Gasteiger charge is -2.06. The number of nitrogens with zero attached hydrogens (tertiary/aromatic N) is 1. The molecule has 29 heavy (non-hydrogen) atoms. The monoisotopic (exact) mass is 418 g/mol. The SMILES string of the molecule is Cc1nc(-c2ccc(Cl)cc2)c(-c2c(-c3ccc(Cl)cc3)[nH]c3ccccc23)o1. The second-order valence-corrected chi connectivity index (χ2v) is 7.72. The number of H-pyrrole nitrogens is 1. The number of benzene rings is 3. The number of rotatable bonds is 3. The van der Waals surface area contributed by atoms with Crippen LogP contribution in [0, 0.1) is 6.92 Å². The lowest BCUT2D eigenvalue weighted by atomic mass is 10.00. The van der Waals surface area contributed by atoms with Crippen LogP contribution in [-0.4, -0.2) is 9.97 Å². The maximum Gasteiger partial charge on any atom is 0.192 e. The Bertz CT molecular complexity index is 1320. The highest BCUT2D eigenvalue weighted by Gasteiger charge is 2.23. The van der Waals surface area contributed by atoms with Crippen molar-refractivity contribution in [3.8, 4) is 33.8 Å². The minimum absolute atomic E-state index is 0.609. The first kappa shape index (κ1) is 18.0. The third-order valence-electron chi connectivity index (χ3n) is 4.92. The van der Waals surface area contributed by atoms with Crippen molar-refractivity contribution in [2.45, 2.75) is 6.92 Å². The van der Waals surface area contributed by atoms with Crippen LogP contribution in [0.5, 0.6) is 0 Å². The van der Waals surface area contributed by atoms with E-state index in [2.05, 4.69) is 22.1 Å². The first-order valence-electron chi connectivity index (χ1n) is 9.20. The molecule has 0 atom stereocenters. The van der Waals surface area contributed by atoms with Crippen molar-refractivity contribution < 1.29 is 4.42 Å². The summed E-state index contributed by atoms with van der Waals surface area (Å²) in [6.07, 6.45) is 0. The van der Waals surface area contributed by atoms with E-state index in [1.807, 2.05) is 67.6 Å². The van der Waals surface area contributed by atoms with Crippen LogP contribution >= 0.6 is 23.2 Å². The number of aryl methyl sites for hydroxylation is 1. The van der Waals surface area contributed by atoms with Gasteiger partial charge in [0.1, 0.15) is 5.69 Å². The maximum atomic E-state index is 6.15. The van der Waals surface area contributed by atoms with Gasteiger partial charge >= 0.3 is 0 Å². The van der Waals surface area contributed by atoms with Crippen LogP contribution in [0.1, 0.15) is 5.89 Å². The summed E-state index contributed by atoms with van der Waals surface area (Å²) in [6, 6.07) is 23.6. The lowest BCUT2D eigenvalue weighted by molar-refractivity contribution is 0.535. The fraction of sp³-hybridized carbons (Fsp3) is 0.0417. The van der Waals surface area contributed by atoms with Crippen molar-refractivity contribution in [3.63, 3.8) is 0 Å². The van der Waals surface area contributed by atoms with Crippen molar-refractivity contribution in [1.29, 1.82) is 0 Å². The minimum Gasteiger partial charge on any atom is -0.440 e. The summed E-state index contributed by atoms with van der Waals surface area (Å²) in [7, 11) is 0. The summed E-state index contributed by atoms with van der Waals surface area (Å²) in [4.78, 5) is 8.22. The maximum absolute atomic E-state index is 6.15. The van der Waals surface area contributed by atoms with Crippen molar-refractivity contribution in [2.24, 2.45) is 0 Å². The van der Waals surface area contributed by atoms with Crippen LogP contribution in [0.2, 0.25) is 10.0 Å². The zero-order valence-electron chi connectivity index (χ0n) is 15.5. The number of para-hydroxylation sites is 1. The molecule has 0 saturated heterocycles. The second-order valence-electron chi connectivity index (χ2n) is 6.84. The normalized spacial score (nSPS) is 11.3. The molecule has 142 valence electrons. The first-order chi connectivity index (χ1) is 14.1. The van der Waals surface area contributed by atoms with Gasteiger partial charge in [-0.2, -0.15) is 0 Å². The molecule has 0 unspecified atom stereocenters. The topological polar surface area (TPSA) is 41.8 Å². The Morgan fingerprint density at radius 1 is 0.793 bits per heavy atom. The quantitative estimate of drug-likeness (QED) is 0.325. The van der Waals surface area contributed by atoms with Crippen LogP contribution < -0.4 is 0 Å². The molecule has 0 radical (unpaired) electrons. The number of hydrogen-bond acceptors (Lipinski definition) is 2. The van der Waals surface area contributed by atoms with E-state index in [-0.39, 0.29) is 0 Å². The Balaban J connectivity index is 1.81. The molecule has 2 aromatic heterocycles. The third kappa shape index (κ3) is 3.23. The molecule has 1 N–H and O–H groups in total. The molecule has 0 amide bonds. The van der Waals surface area contributed by atoms with E-state index < -0.39 is 0 Å². The largest absolute Gasteiger partial charge is 0.440 e. The summed E-state index contributed by atoms with van der Waals surface area (Å²) in [6.45, 7) is 1.86. The average molecular weight is 419 g/mol. The van der Waals surface area contributed by atoms with Gasteiger partial charge < -0.3 is 9.40 Å². The Kier molecular flexibility index (Phi) is 4.42. The molecular formula is C24H16Cl2N2O. The van der Waals surface area contributed by atoms with Crippen LogP contribution in [0.25, 0.3) is 44.7 Å². The Labute approximate surface area is 177 Å². The highest BCUT2D eigenvalue weighted by Crippen LogP contribution is 2.43. The zero-order valence-corrected chi connectivity index (χ0v) is 17.1. The highest BCUT2D eigenvalue weighted by atomic mass is 35.5. The third-order valence-corrected chi connectivity index (χ3v) is 5.42. The number of nitrogens with one attached hydrogen (secondary N) is 1. The van der Waals surface area contributed by atoms with E-state index in [1.54, 1.807) is 0 Å². The van der Waals surface area contributed by atoms with Gasteiger partial charge in [0.15, 0.2) is 11.7 Å². The molecular weight excluding hydrogens is 403 g/mol. The summed E-state index contributed by atoms with van der Waals surface area (Å²) >= 11 is 12.2. The van der Waals surface area contributed by atoms with Gasteiger partial charge in [-0.15, -0.1) is 0 Å². The molecule has 0 aliphatic heterocycles. The number of fused-ring (bicyclic) bond motifs is 1. The fourth-order valence-electron chi connectivity index (χ4n) is 3.61. The number of oxazole rings is 1. The lowest BCUT2D eigenvalue weighted by Crippen LogP contribution is -1.85. The molecule has 2 heterocycles. The number of aromatic nitrogens is 2. The summed E-state index contributed by atoms with van der Waals surface area (Å²) in [5.41, 5.74) is 5.75. The molecule has 3 aromatic carbocycles. The molecule has 0 fully saturated rings. The number of aromatic amines is 1. The van der Waals surface area contributed by atoms with Crippen molar-refractivity contribution in [1.82, 2.24) is 9.97 Å². The standard InChI is InChI=1S/C24H16Cl2N2O/c1-14-27-23(16-8-12-18(26)13-9-16)24(29-14)21-19-4-2-3-5-20(19)28-22(21)15-6-10-17(25)11-7-15/h2-13,28H,1H3. The predicted molar refractivity (Wildman–Crippen MR) is 119 cm³/mol. The molecule has 5 heteroatoms. The molecule has 0 spiro atoms. The van der Waals surface area contributed by atoms with E-state index in [4.69, 9.17) is 27.6 Å². The van der Waals surface area contributed by atoms with Gasteiger partial charge in [0, 0.05) is 33.4 Å². The van der Waals surface area contributed by atoms with Crippen LogP contribution in [-0.2, 0) is 0 Å². The van der Waals surface area contributed by atoms with E-state index in [0.29, 0.717) is 15.9 Å². The van der Waals surface area contributed by atoms with Gasteiger partial charge in [0.05, 0.1) is 11.3 Å². The van der Waals surface area contributed by atoms with Crippen LogP contribution in [0.3, 0.4) is 0 Å². The number of hydrogen-bond donors (Lipinski definition) is 1. The van der Waals surface area contributed by atoms with Crippen LogP contribution in [0.4, 0.5) is 0 Å². The van der Waals surface area contributed by atoms with Crippen LogP contribution in [0.15, 0.2) is 77.2 Å². The molecule has 0 saturated carbocycles. The van der Waals surface area contributed by atoms with Crippen molar-refractivity contribution >= 4 is 34.1 Å². The smallest absolute Gasteiger partial charge is 0.192 e. The molecule has 0 aliphatic carbocycles. The minimum atomic E-state index is 0.609. The van der Waals surface area contributed by atoms with Gasteiger partial charge in [-0.3, -0.25) is 0 Å². The molecule has 3 nitrogen and oxygen atoms in total. The van der Waals surface area contributed by atoms with E-state index >= 15 is 0 Å². The summed E-state index contributed by atoms with van der Waals surface area (Å²) in [5.74, 6) is 1.34. The average Bonchev–Trinajstić information content (AvgIpc) is 3.29. The summed E-state index contributed by atoms with van der Waals surface area (Å²) in [5, 5.41) is 2.46. The first-order valence-corrected chi connectivity index (χ1v) is 9.96. The Morgan fingerprint density at radius 3 is 2.10 bits per heavy atom. The van der Waals surface area contributed by atoms with Gasteiger partial charge in [-0.25, -0.2) is 4.98 Å². The highest BCUT2D eigenvalue weighted by molar-refractivity contribution is 6.31. The molecule has 5 rings (SSSR count). The molecule has 5 aromatic rings. The molecule has 0 aliphatic rings. The van der Waals surface area contributed by atoms with Gasteiger partial charge in [0.2, 0.25) is 0 Å². The van der Waals surface area contributed by atoms with Crippen molar-refractivity contribution in [2.75, 3.05) is 0 Å². The fourth-order valence-corrected chi connectivity index (χ4v) is 3.86. The molecule has 0 bridgehead atoms. The van der Waals surface area contributed by atoms with Gasteiger partial charge in [-0.1, -0.05) is 65.7 Å². The second kappa shape index (κ2) is 7.11. The van der Waals surface area contributed by atoms with Gasteiger partial charge in [-0.05, 0) is 35.9 Å². The Hall–Kier alpha value is -3.01. The van der Waals surface area contributed by atoms with E-state index in [9.17, 15) is 0 Å². The summed E-state index contributed by atoms with van der Waals surface area (Å²) < 4.78 is 6.15. The number of halogens is 2. The van der Waals surface area contributed by atoms with Gasteiger partial charge in [0.25, 0.3) is 0 Å². The predicted octanol–water partition coefficient (Wildman–Crippen LogP) is 7.77.